The van der Waals surface area contributed by atoms with Gasteiger partial charge in [-0.25, -0.2) is 4.79 Å². The van der Waals surface area contributed by atoms with E-state index in [-0.39, 0.29) is 6.09 Å². The lowest BCUT2D eigenvalue weighted by atomic mass is 10.2. The molecule has 0 radical (unpaired) electrons. The zero-order chi connectivity index (χ0) is 19.0. The molecule has 0 bridgehead atoms. The zero-order valence-corrected chi connectivity index (χ0v) is 19.8. The number of hydrogen-bond acceptors (Lipinski definition) is 4. The van der Waals surface area contributed by atoms with Gasteiger partial charge in [0.15, 0.2) is 16.6 Å². The Kier molecular flexibility index (Phi) is 6.15. The summed E-state index contributed by atoms with van der Waals surface area (Å²) in [5, 5.41) is 0.971. The second-order valence-electron chi connectivity index (χ2n) is 9.16. The van der Waals surface area contributed by atoms with Crippen LogP contribution in [0.2, 0.25) is 45.8 Å². The third-order valence-electron chi connectivity index (χ3n) is 2.82. The van der Waals surface area contributed by atoms with Crippen LogP contribution in [0, 0.1) is 0 Å². The predicted octanol–water partition coefficient (Wildman–Crippen LogP) is 4.25. The third kappa shape index (κ3) is 7.06. The molecule has 0 N–H and O–H groups in total. The van der Waals surface area contributed by atoms with Crippen molar-refractivity contribution in [3.63, 3.8) is 0 Å². The largest absolute Gasteiger partial charge is 0.443 e. The molecule has 0 aliphatic carbocycles. The van der Waals surface area contributed by atoms with Crippen molar-refractivity contribution in [2.24, 2.45) is 0 Å². The molecule has 138 valence electrons. The lowest BCUT2D eigenvalue weighted by Crippen LogP contribution is -2.60. The summed E-state index contributed by atoms with van der Waals surface area (Å²) in [5.41, 5.74) is -0.522. The molecule has 0 aromatic carbocycles. The van der Waals surface area contributed by atoms with E-state index in [1.54, 1.807) is 12.4 Å². The third-order valence-corrected chi connectivity index (χ3v) is 12.2. The molecule has 0 spiro atoms. The lowest BCUT2D eigenvalue weighted by Gasteiger charge is -2.38. The number of ether oxygens (including phenoxy) is 1. The van der Waals surface area contributed by atoms with Crippen LogP contribution in [0.25, 0.3) is 0 Å². The van der Waals surface area contributed by atoms with Crippen molar-refractivity contribution in [1.29, 1.82) is 0 Å². The number of nitrogens with zero attached hydrogens (tertiary/aromatic N) is 1. The molecule has 0 unspecified atom stereocenters. The van der Waals surface area contributed by atoms with Crippen LogP contribution in [0.5, 0.6) is 0 Å². The van der Waals surface area contributed by atoms with Gasteiger partial charge in [0.1, 0.15) is 5.60 Å². The van der Waals surface area contributed by atoms with Crippen molar-refractivity contribution in [3.05, 3.63) is 18.5 Å². The van der Waals surface area contributed by atoms with Crippen LogP contribution >= 0.6 is 0 Å². The molecule has 5 nitrogen and oxygen atoms in total. The van der Waals surface area contributed by atoms with Gasteiger partial charge in [-0.2, -0.15) is 0 Å². The Balaban J connectivity index is 3.15. The highest BCUT2D eigenvalue weighted by Gasteiger charge is 2.43. The summed E-state index contributed by atoms with van der Waals surface area (Å²) < 4.78 is 19.9. The van der Waals surface area contributed by atoms with E-state index in [2.05, 4.69) is 45.8 Å². The molecule has 8 heteroatoms. The van der Waals surface area contributed by atoms with E-state index in [0.29, 0.717) is 0 Å². The van der Waals surface area contributed by atoms with E-state index in [9.17, 15) is 4.79 Å². The summed E-state index contributed by atoms with van der Waals surface area (Å²) in [6, 6.07) is 1.93. The van der Waals surface area contributed by atoms with E-state index in [4.69, 9.17) is 13.0 Å². The molecular formula is C16H33NO4Si3. The maximum atomic E-state index is 12.3. The average molecular weight is 388 g/mol. The highest BCUT2D eigenvalue weighted by molar-refractivity contribution is 6.94. The Morgan fingerprint density at radius 1 is 0.958 bits per heavy atom. The van der Waals surface area contributed by atoms with Crippen molar-refractivity contribution in [2.75, 3.05) is 0 Å². The van der Waals surface area contributed by atoms with Crippen LogP contribution in [0.15, 0.2) is 18.5 Å². The molecule has 0 amide bonds. The first-order chi connectivity index (χ1) is 10.5. The van der Waals surface area contributed by atoms with Crippen molar-refractivity contribution < 1.29 is 17.8 Å². The first-order valence-electron chi connectivity index (χ1n) is 8.33. The van der Waals surface area contributed by atoms with Crippen molar-refractivity contribution in [3.8, 4) is 0 Å². The lowest BCUT2D eigenvalue weighted by molar-refractivity contribution is 0.0537. The Bertz CT molecular complexity index is 563. The molecule has 0 aliphatic rings. The van der Waals surface area contributed by atoms with E-state index < -0.39 is 30.8 Å². The van der Waals surface area contributed by atoms with Crippen molar-refractivity contribution >= 4 is 36.5 Å². The molecule has 0 atom stereocenters. The summed E-state index contributed by atoms with van der Waals surface area (Å²) >= 11 is 0. The Hall–Kier alpha value is -0.679. The normalized spacial score (nSPS) is 13.9. The van der Waals surface area contributed by atoms with Gasteiger partial charge >= 0.3 is 14.7 Å². The van der Waals surface area contributed by atoms with Gasteiger partial charge in [-0.05, 0) is 72.7 Å². The summed E-state index contributed by atoms with van der Waals surface area (Å²) in [6.07, 6.45) is 3.15. The fourth-order valence-corrected chi connectivity index (χ4v) is 14.0. The number of carbonyl (C=O) groups excluding carboxylic acids is 1. The van der Waals surface area contributed by atoms with Gasteiger partial charge < -0.3 is 13.0 Å². The van der Waals surface area contributed by atoms with E-state index in [1.807, 2.05) is 26.8 Å². The van der Waals surface area contributed by atoms with Crippen LogP contribution in [-0.2, 0) is 13.0 Å². The predicted molar refractivity (Wildman–Crippen MR) is 106 cm³/mol. The molecule has 0 saturated carbocycles. The zero-order valence-electron chi connectivity index (χ0n) is 16.8. The minimum Gasteiger partial charge on any atom is -0.443 e. The molecule has 24 heavy (non-hydrogen) atoms. The van der Waals surface area contributed by atoms with Crippen LogP contribution in [-0.4, -0.2) is 41.5 Å². The van der Waals surface area contributed by atoms with E-state index in [1.165, 1.54) is 4.57 Å². The van der Waals surface area contributed by atoms with Gasteiger partial charge in [-0.1, -0.05) is 0 Å². The Labute approximate surface area is 149 Å². The summed E-state index contributed by atoms with van der Waals surface area (Å²) in [7, 11) is -6.18. The Morgan fingerprint density at radius 2 is 1.42 bits per heavy atom. The van der Waals surface area contributed by atoms with Gasteiger partial charge in [0.2, 0.25) is 0 Å². The molecule has 1 rings (SSSR count). The highest BCUT2D eigenvalue weighted by Crippen LogP contribution is 2.21. The SMILES string of the molecule is CC(C)(C)OC(=O)n1ccc([Si](C)(O[Si](C)(C)C)O[Si](C)(C)C)c1. The monoisotopic (exact) mass is 387 g/mol. The molecule has 0 saturated heterocycles. The number of hydrogen-bond donors (Lipinski definition) is 0. The molecular weight excluding hydrogens is 354 g/mol. The van der Waals surface area contributed by atoms with Gasteiger partial charge in [0, 0.05) is 17.6 Å². The molecule has 1 aromatic heterocycles. The molecule has 0 aliphatic heterocycles. The van der Waals surface area contributed by atoms with Crippen LogP contribution < -0.4 is 5.19 Å². The second kappa shape index (κ2) is 6.91. The first-order valence-corrected chi connectivity index (χ1v) is 17.5. The van der Waals surface area contributed by atoms with Crippen LogP contribution in [0.1, 0.15) is 20.8 Å². The standard InChI is InChI=1S/C16H33NO4Si3/c1-16(2,3)19-15(18)17-12-11-14(13-17)24(10,20-22(4,5)6)21-23(7,8)9/h11-13H,1-10H3. The highest BCUT2D eigenvalue weighted by atomic mass is 28.5. The summed E-state index contributed by atoms with van der Waals surface area (Å²) in [4.78, 5) is 12.3. The number of carbonyl (C=O) groups is 1. The van der Waals surface area contributed by atoms with E-state index in [0.717, 1.165) is 5.19 Å². The number of aromatic nitrogens is 1. The quantitative estimate of drug-likeness (QED) is 0.709. The topological polar surface area (TPSA) is 49.7 Å². The maximum absolute atomic E-state index is 12.3. The molecule has 1 aromatic rings. The van der Waals surface area contributed by atoms with Crippen molar-refractivity contribution in [1.82, 2.24) is 4.57 Å². The first kappa shape index (κ1) is 21.4. The van der Waals surface area contributed by atoms with Gasteiger partial charge in [-0.15, -0.1) is 0 Å². The Morgan fingerprint density at radius 3 is 1.79 bits per heavy atom. The van der Waals surface area contributed by atoms with E-state index >= 15 is 0 Å². The van der Waals surface area contributed by atoms with Crippen LogP contribution in [0.4, 0.5) is 4.79 Å². The average Bonchev–Trinajstić information content (AvgIpc) is 2.69. The van der Waals surface area contributed by atoms with Gasteiger partial charge in [0.25, 0.3) is 0 Å². The minimum atomic E-state index is -2.59. The maximum Gasteiger partial charge on any atom is 0.418 e. The summed E-state index contributed by atoms with van der Waals surface area (Å²) in [6.45, 7) is 20.6. The van der Waals surface area contributed by atoms with Gasteiger partial charge in [-0.3, -0.25) is 4.57 Å². The van der Waals surface area contributed by atoms with Crippen molar-refractivity contribution in [2.45, 2.75) is 72.2 Å². The fraction of sp³-hybridized carbons (Fsp3) is 0.688. The second-order valence-corrected chi connectivity index (χ2v) is 21.7. The molecule has 0 fully saturated rings. The molecule has 1 heterocycles. The fourth-order valence-electron chi connectivity index (χ4n) is 2.40. The summed E-state index contributed by atoms with van der Waals surface area (Å²) in [5.74, 6) is 0. The van der Waals surface area contributed by atoms with Gasteiger partial charge in [0.05, 0.1) is 0 Å². The van der Waals surface area contributed by atoms with Crippen LogP contribution in [0.3, 0.4) is 0 Å². The smallest absolute Gasteiger partial charge is 0.418 e. The minimum absolute atomic E-state index is 0.383. The number of rotatable bonds is 5.